The zero-order valence-corrected chi connectivity index (χ0v) is 10.6. The molecular formula is C12H22N2OS. The van der Waals surface area contributed by atoms with Gasteiger partial charge in [0.2, 0.25) is 0 Å². The molecule has 2 N–H and O–H groups in total. The summed E-state index contributed by atoms with van der Waals surface area (Å²) in [5.74, 6) is 0. The minimum Gasteiger partial charge on any atom is -0.394 e. The van der Waals surface area contributed by atoms with Crippen LogP contribution in [0.3, 0.4) is 0 Å². The summed E-state index contributed by atoms with van der Waals surface area (Å²) >= 11 is 5.46. The Kier molecular flexibility index (Phi) is 4.41. The van der Waals surface area contributed by atoms with Crippen LogP contribution in [0.15, 0.2) is 0 Å². The monoisotopic (exact) mass is 242 g/mol. The van der Waals surface area contributed by atoms with Crippen molar-refractivity contribution in [2.45, 2.75) is 57.0 Å². The second-order valence-corrected chi connectivity index (χ2v) is 5.34. The summed E-state index contributed by atoms with van der Waals surface area (Å²) in [4.78, 5) is 2.19. The molecule has 3 nitrogen and oxygen atoms in total. The molecule has 1 aliphatic heterocycles. The summed E-state index contributed by atoms with van der Waals surface area (Å²) in [5, 5.41) is 13.7. The fourth-order valence-corrected chi connectivity index (χ4v) is 3.19. The van der Waals surface area contributed by atoms with Gasteiger partial charge in [0.25, 0.3) is 0 Å². The Bertz CT molecular complexity index is 241. The maximum Gasteiger partial charge on any atom is 0.169 e. The van der Waals surface area contributed by atoms with E-state index in [2.05, 4.69) is 10.2 Å². The van der Waals surface area contributed by atoms with Gasteiger partial charge < -0.3 is 15.3 Å². The van der Waals surface area contributed by atoms with Gasteiger partial charge in [0, 0.05) is 12.6 Å². The number of likely N-dealkylation sites (tertiary alicyclic amines) is 1. The molecule has 1 heterocycles. The van der Waals surface area contributed by atoms with Crippen LogP contribution < -0.4 is 5.32 Å². The van der Waals surface area contributed by atoms with Crippen LogP contribution in [0.25, 0.3) is 0 Å². The van der Waals surface area contributed by atoms with Crippen LogP contribution in [0, 0.1) is 0 Å². The molecule has 0 aromatic carbocycles. The van der Waals surface area contributed by atoms with Gasteiger partial charge in [0.05, 0.1) is 12.6 Å². The van der Waals surface area contributed by atoms with E-state index in [0.717, 1.165) is 18.1 Å². The zero-order valence-electron chi connectivity index (χ0n) is 9.82. The molecule has 1 saturated carbocycles. The summed E-state index contributed by atoms with van der Waals surface area (Å²) in [5.41, 5.74) is 0. The molecule has 2 fully saturated rings. The average molecular weight is 242 g/mol. The number of rotatable bonds is 2. The Labute approximate surface area is 103 Å². The number of aliphatic hydroxyl groups is 1. The molecule has 1 saturated heterocycles. The van der Waals surface area contributed by atoms with Crippen LogP contribution >= 0.6 is 12.2 Å². The number of nitrogens with zero attached hydrogens (tertiary/aromatic N) is 1. The highest BCUT2D eigenvalue weighted by atomic mass is 32.1. The van der Waals surface area contributed by atoms with Crippen LogP contribution in [0.1, 0.15) is 44.9 Å². The van der Waals surface area contributed by atoms with E-state index in [9.17, 15) is 5.11 Å². The highest BCUT2D eigenvalue weighted by molar-refractivity contribution is 7.80. The van der Waals surface area contributed by atoms with Crippen molar-refractivity contribution in [2.24, 2.45) is 0 Å². The summed E-state index contributed by atoms with van der Waals surface area (Å²) in [6.45, 7) is 1.23. The molecule has 0 aromatic heterocycles. The molecule has 16 heavy (non-hydrogen) atoms. The molecule has 2 rings (SSSR count). The SMILES string of the molecule is OC[C@@H]1CCCCN1C(=S)NC1CCCC1. The van der Waals surface area contributed by atoms with Gasteiger partial charge in [-0.05, 0) is 44.3 Å². The number of thiocarbonyl (C=S) groups is 1. The molecular weight excluding hydrogens is 220 g/mol. The van der Waals surface area contributed by atoms with Gasteiger partial charge >= 0.3 is 0 Å². The Balaban J connectivity index is 1.86. The van der Waals surface area contributed by atoms with Gasteiger partial charge in [0.1, 0.15) is 0 Å². The third-order valence-corrected chi connectivity index (χ3v) is 4.13. The molecule has 0 spiro atoms. The number of piperidine rings is 1. The van der Waals surface area contributed by atoms with Crippen LogP contribution in [-0.2, 0) is 0 Å². The second kappa shape index (κ2) is 5.82. The van der Waals surface area contributed by atoms with Gasteiger partial charge in [0.15, 0.2) is 5.11 Å². The average Bonchev–Trinajstić information content (AvgIpc) is 2.81. The van der Waals surface area contributed by atoms with Crippen molar-refractivity contribution in [3.8, 4) is 0 Å². The summed E-state index contributed by atoms with van der Waals surface area (Å²) in [6.07, 6.45) is 8.63. The van der Waals surface area contributed by atoms with E-state index >= 15 is 0 Å². The molecule has 1 aliphatic carbocycles. The normalized spacial score (nSPS) is 27.1. The van der Waals surface area contributed by atoms with Crippen molar-refractivity contribution < 1.29 is 5.11 Å². The van der Waals surface area contributed by atoms with Crippen LogP contribution in [0.5, 0.6) is 0 Å². The van der Waals surface area contributed by atoms with Crippen molar-refractivity contribution in [1.29, 1.82) is 0 Å². The Morgan fingerprint density at radius 3 is 2.56 bits per heavy atom. The first-order valence-electron chi connectivity index (χ1n) is 6.49. The van der Waals surface area contributed by atoms with E-state index in [1.54, 1.807) is 0 Å². The number of hydrogen-bond acceptors (Lipinski definition) is 2. The lowest BCUT2D eigenvalue weighted by Gasteiger charge is -2.37. The minimum atomic E-state index is 0.229. The summed E-state index contributed by atoms with van der Waals surface area (Å²) < 4.78 is 0. The van der Waals surface area contributed by atoms with E-state index in [1.165, 1.54) is 38.5 Å². The molecule has 92 valence electrons. The fourth-order valence-electron chi connectivity index (χ4n) is 2.79. The smallest absolute Gasteiger partial charge is 0.169 e. The Morgan fingerprint density at radius 2 is 1.88 bits per heavy atom. The Morgan fingerprint density at radius 1 is 1.19 bits per heavy atom. The maximum absolute atomic E-state index is 9.34. The lowest BCUT2D eigenvalue weighted by atomic mass is 10.0. The standard InChI is InChI=1S/C12H22N2OS/c15-9-11-7-3-4-8-14(11)12(16)13-10-5-1-2-6-10/h10-11,15H,1-9H2,(H,13,16)/t11-/m0/s1. The molecule has 2 aliphatic rings. The molecule has 0 unspecified atom stereocenters. The highest BCUT2D eigenvalue weighted by Crippen LogP contribution is 2.20. The van der Waals surface area contributed by atoms with Crippen LogP contribution in [0.2, 0.25) is 0 Å². The first-order chi connectivity index (χ1) is 7.81. The maximum atomic E-state index is 9.34. The third-order valence-electron chi connectivity index (χ3n) is 3.78. The molecule has 0 amide bonds. The lowest BCUT2D eigenvalue weighted by molar-refractivity contribution is 0.145. The van der Waals surface area contributed by atoms with E-state index in [1.807, 2.05) is 0 Å². The fraction of sp³-hybridized carbons (Fsp3) is 0.917. The van der Waals surface area contributed by atoms with Crippen molar-refractivity contribution >= 4 is 17.3 Å². The predicted octanol–water partition coefficient (Wildman–Crippen LogP) is 1.65. The molecule has 0 radical (unpaired) electrons. The zero-order chi connectivity index (χ0) is 11.4. The van der Waals surface area contributed by atoms with Gasteiger partial charge in [-0.3, -0.25) is 0 Å². The quantitative estimate of drug-likeness (QED) is 0.722. The van der Waals surface area contributed by atoms with Gasteiger partial charge in [-0.1, -0.05) is 12.8 Å². The molecule has 4 heteroatoms. The van der Waals surface area contributed by atoms with E-state index in [0.29, 0.717) is 6.04 Å². The van der Waals surface area contributed by atoms with Gasteiger partial charge in [-0.2, -0.15) is 0 Å². The van der Waals surface area contributed by atoms with Crippen LogP contribution in [-0.4, -0.2) is 40.4 Å². The van der Waals surface area contributed by atoms with Crippen molar-refractivity contribution in [1.82, 2.24) is 10.2 Å². The van der Waals surface area contributed by atoms with Crippen molar-refractivity contribution in [3.05, 3.63) is 0 Å². The van der Waals surface area contributed by atoms with Crippen molar-refractivity contribution in [3.63, 3.8) is 0 Å². The molecule has 1 atom stereocenters. The van der Waals surface area contributed by atoms with E-state index in [-0.39, 0.29) is 12.6 Å². The number of hydrogen-bond donors (Lipinski definition) is 2. The third kappa shape index (κ3) is 2.86. The first kappa shape index (κ1) is 12.1. The number of aliphatic hydroxyl groups excluding tert-OH is 1. The van der Waals surface area contributed by atoms with E-state index < -0.39 is 0 Å². The first-order valence-corrected chi connectivity index (χ1v) is 6.90. The number of nitrogens with one attached hydrogen (secondary N) is 1. The minimum absolute atomic E-state index is 0.229. The lowest BCUT2D eigenvalue weighted by Crippen LogP contribution is -2.51. The second-order valence-electron chi connectivity index (χ2n) is 4.96. The summed E-state index contributed by atoms with van der Waals surface area (Å²) in [7, 11) is 0. The predicted molar refractivity (Wildman–Crippen MR) is 69.4 cm³/mol. The largest absolute Gasteiger partial charge is 0.394 e. The van der Waals surface area contributed by atoms with Crippen LogP contribution in [0.4, 0.5) is 0 Å². The Hall–Kier alpha value is -0.350. The van der Waals surface area contributed by atoms with Gasteiger partial charge in [-0.25, -0.2) is 0 Å². The molecule has 0 aromatic rings. The van der Waals surface area contributed by atoms with Gasteiger partial charge in [-0.15, -0.1) is 0 Å². The van der Waals surface area contributed by atoms with Crippen molar-refractivity contribution in [2.75, 3.05) is 13.2 Å². The van der Waals surface area contributed by atoms with E-state index in [4.69, 9.17) is 12.2 Å². The highest BCUT2D eigenvalue weighted by Gasteiger charge is 2.25. The summed E-state index contributed by atoms with van der Waals surface area (Å²) in [6, 6.07) is 0.823. The topological polar surface area (TPSA) is 35.5 Å². The molecule has 0 bridgehead atoms.